The van der Waals surface area contributed by atoms with Crippen LogP contribution < -0.4 is 10.6 Å². The maximum absolute atomic E-state index is 11.9. The summed E-state index contributed by atoms with van der Waals surface area (Å²) in [5, 5.41) is 6.83. The largest absolute Gasteiger partial charge is 0.355 e. The first-order valence-electron chi connectivity index (χ1n) is 7.93. The van der Waals surface area contributed by atoms with Crippen molar-refractivity contribution in [1.29, 1.82) is 0 Å². The molecule has 1 aliphatic rings. The SMILES string of the molecule is CC(CNC(=O)CCC1CCNCC1)Sc1ccccc1.Cl. The average molecular weight is 343 g/mol. The fourth-order valence-corrected chi connectivity index (χ4v) is 3.57. The van der Waals surface area contributed by atoms with E-state index in [-0.39, 0.29) is 18.3 Å². The van der Waals surface area contributed by atoms with Gasteiger partial charge in [-0.05, 0) is 50.4 Å². The van der Waals surface area contributed by atoms with Crippen LogP contribution >= 0.6 is 24.2 Å². The maximum Gasteiger partial charge on any atom is 0.220 e. The minimum atomic E-state index is 0. The van der Waals surface area contributed by atoms with Gasteiger partial charge in [0.25, 0.3) is 0 Å². The van der Waals surface area contributed by atoms with Gasteiger partial charge in [0.2, 0.25) is 5.91 Å². The van der Waals surface area contributed by atoms with Gasteiger partial charge < -0.3 is 10.6 Å². The molecule has 22 heavy (non-hydrogen) atoms. The molecule has 0 saturated carbocycles. The van der Waals surface area contributed by atoms with Gasteiger partial charge in [0, 0.05) is 23.1 Å². The Labute approximate surface area is 144 Å². The molecule has 0 spiro atoms. The zero-order valence-corrected chi connectivity index (χ0v) is 14.8. The van der Waals surface area contributed by atoms with Gasteiger partial charge in [0.15, 0.2) is 0 Å². The monoisotopic (exact) mass is 342 g/mol. The number of carbonyl (C=O) groups is 1. The quantitative estimate of drug-likeness (QED) is 0.745. The van der Waals surface area contributed by atoms with Crippen LogP contribution in [0.1, 0.15) is 32.6 Å². The molecule has 0 aromatic heterocycles. The number of benzene rings is 1. The van der Waals surface area contributed by atoms with Crippen molar-refractivity contribution in [3.05, 3.63) is 30.3 Å². The summed E-state index contributed by atoms with van der Waals surface area (Å²) in [5.41, 5.74) is 0. The molecule has 0 radical (unpaired) electrons. The number of thioether (sulfide) groups is 1. The molecule has 1 fully saturated rings. The molecule has 0 aliphatic carbocycles. The number of carbonyl (C=O) groups excluding carboxylic acids is 1. The van der Waals surface area contributed by atoms with E-state index in [9.17, 15) is 4.79 Å². The molecule has 2 N–H and O–H groups in total. The van der Waals surface area contributed by atoms with Crippen molar-refractivity contribution in [2.24, 2.45) is 5.92 Å². The summed E-state index contributed by atoms with van der Waals surface area (Å²) in [7, 11) is 0. The normalized spacial score (nSPS) is 16.6. The second-order valence-electron chi connectivity index (χ2n) is 5.78. The Bertz CT molecular complexity index is 424. The highest BCUT2D eigenvalue weighted by Gasteiger charge is 2.14. The molecule has 0 bridgehead atoms. The Kier molecular flexibility index (Phi) is 9.60. The van der Waals surface area contributed by atoms with Gasteiger partial charge >= 0.3 is 0 Å². The molecule has 3 nitrogen and oxygen atoms in total. The van der Waals surface area contributed by atoms with Gasteiger partial charge in [-0.25, -0.2) is 0 Å². The summed E-state index contributed by atoms with van der Waals surface area (Å²) in [4.78, 5) is 13.2. The maximum atomic E-state index is 11.9. The van der Waals surface area contributed by atoms with Gasteiger partial charge in [-0.1, -0.05) is 25.1 Å². The molecule has 1 saturated heterocycles. The van der Waals surface area contributed by atoms with E-state index in [0.29, 0.717) is 11.7 Å². The zero-order chi connectivity index (χ0) is 14.9. The van der Waals surface area contributed by atoms with Crippen LogP contribution in [0.15, 0.2) is 35.2 Å². The van der Waals surface area contributed by atoms with E-state index in [0.717, 1.165) is 32.0 Å². The first kappa shape index (κ1) is 19.3. The van der Waals surface area contributed by atoms with Crippen molar-refractivity contribution >= 4 is 30.1 Å². The number of rotatable bonds is 7. The van der Waals surface area contributed by atoms with Crippen molar-refractivity contribution in [1.82, 2.24) is 10.6 Å². The molecule has 5 heteroatoms. The Morgan fingerprint density at radius 2 is 2.00 bits per heavy atom. The zero-order valence-electron chi connectivity index (χ0n) is 13.2. The van der Waals surface area contributed by atoms with Crippen molar-refractivity contribution < 1.29 is 4.79 Å². The Morgan fingerprint density at radius 1 is 1.32 bits per heavy atom. The molecular weight excluding hydrogens is 316 g/mol. The van der Waals surface area contributed by atoms with Crippen LogP contribution in [-0.2, 0) is 4.79 Å². The summed E-state index contributed by atoms with van der Waals surface area (Å²) >= 11 is 1.81. The Morgan fingerprint density at radius 3 is 2.68 bits per heavy atom. The lowest BCUT2D eigenvalue weighted by atomic mass is 9.93. The third-order valence-corrected chi connectivity index (χ3v) is 5.02. The highest BCUT2D eigenvalue weighted by Crippen LogP contribution is 2.22. The molecule has 1 amide bonds. The second kappa shape index (κ2) is 10.9. The standard InChI is InChI=1S/C17H26N2OS.ClH/c1-14(21-16-5-3-2-4-6-16)13-19-17(20)8-7-15-9-11-18-12-10-15;/h2-6,14-15,18H,7-13H2,1H3,(H,19,20);1H. The van der Waals surface area contributed by atoms with Crippen LogP contribution in [0.2, 0.25) is 0 Å². The second-order valence-corrected chi connectivity index (χ2v) is 7.29. The van der Waals surface area contributed by atoms with Crippen molar-refractivity contribution in [3.63, 3.8) is 0 Å². The lowest BCUT2D eigenvalue weighted by Crippen LogP contribution is -2.31. The summed E-state index contributed by atoms with van der Waals surface area (Å²) in [6.45, 7) is 5.11. The molecule has 1 heterocycles. The van der Waals surface area contributed by atoms with E-state index in [1.807, 2.05) is 30.0 Å². The molecule has 1 atom stereocenters. The van der Waals surface area contributed by atoms with Crippen molar-refractivity contribution in [3.8, 4) is 0 Å². The van der Waals surface area contributed by atoms with Crippen LogP contribution in [0, 0.1) is 5.92 Å². The van der Waals surface area contributed by atoms with E-state index in [1.54, 1.807) is 0 Å². The highest BCUT2D eigenvalue weighted by atomic mass is 35.5. The van der Waals surface area contributed by atoms with Gasteiger partial charge in [-0.2, -0.15) is 0 Å². The summed E-state index contributed by atoms with van der Waals surface area (Å²) < 4.78 is 0. The smallest absolute Gasteiger partial charge is 0.220 e. The molecule has 2 rings (SSSR count). The molecule has 124 valence electrons. The number of nitrogens with one attached hydrogen (secondary N) is 2. The van der Waals surface area contributed by atoms with E-state index >= 15 is 0 Å². The number of amides is 1. The Balaban J connectivity index is 0.00000242. The lowest BCUT2D eigenvalue weighted by molar-refractivity contribution is -0.121. The van der Waals surface area contributed by atoms with Crippen LogP contribution in [-0.4, -0.2) is 30.8 Å². The van der Waals surface area contributed by atoms with Gasteiger partial charge in [-0.15, -0.1) is 24.2 Å². The Hall–Kier alpha value is -0.710. The summed E-state index contributed by atoms with van der Waals surface area (Å²) in [6, 6.07) is 10.3. The van der Waals surface area contributed by atoms with Gasteiger partial charge in [0.1, 0.15) is 0 Å². The number of piperidine rings is 1. The average Bonchev–Trinajstić information content (AvgIpc) is 2.53. The van der Waals surface area contributed by atoms with Crippen LogP contribution in [0.3, 0.4) is 0 Å². The van der Waals surface area contributed by atoms with E-state index < -0.39 is 0 Å². The molecule has 1 unspecified atom stereocenters. The van der Waals surface area contributed by atoms with Crippen LogP contribution in [0.4, 0.5) is 0 Å². The summed E-state index contributed by atoms with van der Waals surface area (Å²) in [5.74, 6) is 0.933. The predicted molar refractivity (Wildman–Crippen MR) is 96.8 cm³/mol. The lowest BCUT2D eigenvalue weighted by Gasteiger charge is -2.22. The number of halogens is 1. The van der Waals surface area contributed by atoms with Gasteiger partial charge in [-0.3, -0.25) is 4.79 Å². The minimum absolute atomic E-state index is 0. The highest BCUT2D eigenvalue weighted by molar-refractivity contribution is 8.00. The third-order valence-electron chi connectivity index (χ3n) is 3.91. The topological polar surface area (TPSA) is 41.1 Å². The predicted octanol–water partition coefficient (Wildman–Crippen LogP) is 3.49. The van der Waals surface area contributed by atoms with Gasteiger partial charge in [0.05, 0.1) is 0 Å². The van der Waals surface area contributed by atoms with Crippen molar-refractivity contribution in [2.45, 2.75) is 42.8 Å². The summed E-state index contributed by atoms with van der Waals surface area (Å²) in [6.07, 6.45) is 4.14. The van der Waals surface area contributed by atoms with E-state index in [1.165, 1.54) is 17.7 Å². The first-order valence-corrected chi connectivity index (χ1v) is 8.81. The molecular formula is C17H27ClN2OS. The van der Waals surface area contributed by atoms with Crippen LogP contribution in [0.25, 0.3) is 0 Å². The van der Waals surface area contributed by atoms with E-state index in [4.69, 9.17) is 0 Å². The number of hydrogen-bond acceptors (Lipinski definition) is 3. The number of hydrogen-bond donors (Lipinski definition) is 2. The molecule has 1 aromatic carbocycles. The van der Waals surface area contributed by atoms with Crippen molar-refractivity contribution in [2.75, 3.05) is 19.6 Å². The van der Waals surface area contributed by atoms with E-state index in [2.05, 4.69) is 29.7 Å². The third kappa shape index (κ3) is 7.52. The minimum Gasteiger partial charge on any atom is -0.355 e. The fourth-order valence-electron chi connectivity index (χ4n) is 2.62. The first-order chi connectivity index (χ1) is 10.2. The van der Waals surface area contributed by atoms with Crippen LogP contribution in [0.5, 0.6) is 0 Å². The molecule has 1 aromatic rings. The molecule has 1 aliphatic heterocycles. The fraction of sp³-hybridized carbons (Fsp3) is 0.588.